The highest BCUT2D eigenvalue weighted by molar-refractivity contribution is 6.08. The van der Waals surface area contributed by atoms with Gasteiger partial charge < -0.3 is 14.4 Å². The Morgan fingerprint density at radius 2 is 1.33 bits per heavy atom. The van der Waals surface area contributed by atoms with Gasteiger partial charge in [0.2, 0.25) is 0 Å². The van der Waals surface area contributed by atoms with Gasteiger partial charge in [0.05, 0.1) is 24.6 Å². The quantitative estimate of drug-likeness (QED) is 0.164. The van der Waals surface area contributed by atoms with Crippen molar-refractivity contribution in [3.05, 3.63) is 174 Å². The normalized spacial score (nSPS) is 18.0. The number of aromatic nitrogens is 2. The first-order chi connectivity index (χ1) is 27.1. The number of rotatable bonds is 7. The number of anilines is 1. The Morgan fingerprint density at radius 3 is 2.05 bits per heavy atom. The van der Waals surface area contributed by atoms with Gasteiger partial charge in [-0.3, -0.25) is 0 Å². The molecule has 5 nitrogen and oxygen atoms in total. The van der Waals surface area contributed by atoms with E-state index in [2.05, 4.69) is 146 Å². The van der Waals surface area contributed by atoms with E-state index in [1.165, 1.54) is 33.3 Å². The van der Waals surface area contributed by atoms with E-state index in [0.29, 0.717) is 5.82 Å². The fourth-order valence-corrected chi connectivity index (χ4v) is 9.40. The lowest BCUT2D eigenvalue weighted by atomic mass is 9.71. The topological polar surface area (TPSA) is 47.5 Å². The smallest absolute Gasteiger partial charge is 0.194 e. The van der Waals surface area contributed by atoms with E-state index in [4.69, 9.17) is 19.4 Å². The van der Waals surface area contributed by atoms with Crippen LogP contribution in [0.1, 0.15) is 54.6 Å². The maximum atomic E-state index is 7.77. The van der Waals surface area contributed by atoms with Crippen LogP contribution < -0.4 is 9.64 Å². The molecule has 1 saturated heterocycles. The number of fused-ring (bicyclic) bond motifs is 8. The Morgan fingerprint density at radius 1 is 0.673 bits per heavy atom. The Bertz CT molecular complexity index is 2510. The summed E-state index contributed by atoms with van der Waals surface area (Å²) in [5.41, 5.74) is 11.2. The van der Waals surface area contributed by atoms with E-state index in [-0.39, 0.29) is 5.41 Å². The van der Waals surface area contributed by atoms with E-state index in [1.807, 2.05) is 24.3 Å². The van der Waals surface area contributed by atoms with Gasteiger partial charge in [-0.05, 0) is 64.8 Å². The highest BCUT2D eigenvalue weighted by Crippen LogP contribution is 2.60. The van der Waals surface area contributed by atoms with Crippen molar-refractivity contribution in [3.63, 3.8) is 0 Å². The number of nitrogens with zero attached hydrogens (tertiary/aromatic N) is 3. The van der Waals surface area contributed by atoms with Crippen molar-refractivity contribution >= 4 is 22.5 Å². The zero-order valence-corrected chi connectivity index (χ0v) is 31.3. The van der Waals surface area contributed by atoms with Crippen LogP contribution >= 0.6 is 0 Å². The second-order valence-corrected chi connectivity index (χ2v) is 14.9. The summed E-state index contributed by atoms with van der Waals surface area (Å²) in [5.74, 6) is 1.56. The molecule has 1 aromatic heterocycles. The predicted molar refractivity (Wildman–Crippen MR) is 224 cm³/mol. The lowest BCUT2D eigenvalue weighted by Gasteiger charge is -2.39. The molecule has 3 heterocycles. The zero-order valence-electron chi connectivity index (χ0n) is 31.3. The fraction of sp³-hybridized carbons (Fsp3) is 0.200. The van der Waals surface area contributed by atoms with Gasteiger partial charge in [0.1, 0.15) is 5.75 Å². The van der Waals surface area contributed by atoms with Crippen molar-refractivity contribution < 1.29 is 9.47 Å². The van der Waals surface area contributed by atoms with Crippen LogP contribution in [0.25, 0.3) is 50.6 Å². The van der Waals surface area contributed by atoms with E-state index in [0.717, 1.165) is 83.9 Å². The molecule has 1 aliphatic carbocycles. The molecule has 0 bridgehead atoms. The average Bonchev–Trinajstić information content (AvgIpc) is 3.58. The Kier molecular flexibility index (Phi) is 8.15. The molecule has 5 heteroatoms. The largest absolute Gasteiger partial charge is 0.471 e. The lowest BCUT2D eigenvalue weighted by molar-refractivity contribution is 0.122. The van der Waals surface area contributed by atoms with E-state index >= 15 is 0 Å². The summed E-state index contributed by atoms with van der Waals surface area (Å²) < 4.78 is 13.4. The van der Waals surface area contributed by atoms with Gasteiger partial charge >= 0.3 is 0 Å². The second kappa shape index (κ2) is 13.4. The molecule has 0 amide bonds. The molecule has 7 aromatic rings. The maximum absolute atomic E-state index is 7.77. The molecule has 0 radical (unpaired) electrons. The van der Waals surface area contributed by atoms with Crippen LogP contribution in [0.2, 0.25) is 0 Å². The number of morpholine rings is 1. The number of benzene rings is 6. The molecule has 1 atom stereocenters. The first-order valence-corrected chi connectivity index (χ1v) is 19.6. The Hall–Kier alpha value is -6.04. The molecule has 10 rings (SSSR count). The van der Waals surface area contributed by atoms with Crippen LogP contribution in [0.15, 0.2) is 146 Å². The van der Waals surface area contributed by atoms with Crippen LogP contribution in [0, 0.1) is 0 Å². The fourth-order valence-electron chi connectivity index (χ4n) is 9.40. The van der Waals surface area contributed by atoms with Crippen molar-refractivity contribution in [1.82, 2.24) is 9.97 Å². The first kappa shape index (κ1) is 33.5. The van der Waals surface area contributed by atoms with Gasteiger partial charge in [-0.2, -0.15) is 0 Å². The van der Waals surface area contributed by atoms with E-state index in [1.54, 1.807) is 0 Å². The summed E-state index contributed by atoms with van der Waals surface area (Å²) in [6.45, 7) is 7.88. The molecule has 55 heavy (non-hydrogen) atoms. The predicted octanol–water partition coefficient (Wildman–Crippen LogP) is 11.2. The van der Waals surface area contributed by atoms with Crippen LogP contribution in [0.3, 0.4) is 0 Å². The van der Waals surface area contributed by atoms with Gasteiger partial charge in [-0.1, -0.05) is 141 Å². The molecule has 0 spiro atoms. The minimum atomic E-state index is -1.06. The monoisotopic (exact) mass is 717 g/mol. The third kappa shape index (κ3) is 5.25. The van der Waals surface area contributed by atoms with E-state index < -0.39 is 5.60 Å². The summed E-state index contributed by atoms with van der Waals surface area (Å²) >= 11 is 0. The molecular weight excluding hydrogens is 675 g/mol. The van der Waals surface area contributed by atoms with Gasteiger partial charge in [0.15, 0.2) is 11.4 Å². The third-order valence-electron chi connectivity index (χ3n) is 12.2. The van der Waals surface area contributed by atoms with Gasteiger partial charge in [-0.15, -0.1) is 0 Å². The van der Waals surface area contributed by atoms with Crippen molar-refractivity contribution in [1.29, 1.82) is 0 Å². The van der Waals surface area contributed by atoms with Gasteiger partial charge in [0.25, 0.3) is 0 Å². The minimum Gasteiger partial charge on any atom is -0.471 e. The molecule has 270 valence electrons. The second-order valence-electron chi connectivity index (χ2n) is 14.9. The van der Waals surface area contributed by atoms with Gasteiger partial charge in [0, 0.05) is 51.8 Å². The standard InChI is InChI=1S/C50H43N3O2/c1-3-49(4-2)42-22-14-13-21-40(42)45-38-19-11-12-20-39(38)47-41(46(45)49)27-28-50(55-47,36-23-25-37(26-24-36)53-29-31-54-32-30-53)44-33-43(34-15-7-5-8-16-34)51-48(52-44)35-17-9-6-10-18-35/h5-28,33H,3-4,29-32H2,1-2H3. The van der Waals surface area contributed by atoms with Crippen LogP contribution in [0.5, 0.6) is 5.75 Å². The highest BCUT2D eigenvalue weighted by Gasteiger charge is 2.47. The molecule has 2 aliphatic heterocycles. The Labute approximate surface area is 322 Å². The summed E-state index contributed by atoms with van der Waals surface area (Å²) in [7, 11) is 0. The van der Waals surface area contributed by atoms with Crippen molar-refractivity contribution in [2.75, 3.05) is 31.2 Å². The third-order valence-corrected chi connectivity index (χ3v) is 12.2. The molecule has 3 aliphatic rings. The SMILES string of the molecule is CCC1(CC)c2ccccc2-c2c1c1c(c3ccccc23)OC(c2ccc(N3CCOCC3)cc2)(c2cc(-c3ccccc3)nc(-c3ccccc3)n2)C=C1. The van der Waals surface area contributed by atoms with Crippen molar-refractivity contribution in [3.8, 4) is 39.5 Å². The molecule has 0 N–H and O–H groups in total. The molecule has 6 aromatic carbocycles. The number of hydrogen-bond acceptors (Lipinski definition) is 5. The van der Waals surface area contributed by atoms with Crippen LogP contribution in [-0.4, -0.2) is 36.3 Å². The van der Waals surface area contributed by atoms with Gasteiger partial charge in [-0.25, -0.2) is 9.97 Å². The number of ether oxygens (including phenoxy) is 2. The number of hydrogen-bond donors (Lipinski definition) is 0. The van der Waals surface area contributed by atoms with Crippen molar-refractivity contribution in [2.45, 2.75) is 37.7 Å². The van der Waals surface area contributed by atoms with Crippen LogP contribution in [-0.2, 0) is 15.8 Å². The Balaban J connectivity index is 1.25. The van der Waals surface area contributed by atoms with E-state index in [9.17, 15) is 0 Å². The molecule has 0 saturated carbocycles. The molecule has 1 unspecified atom stereocenters. The summed E-state index contributed by atoms with van der Waals surface area (Å²) in [6.07, 6.45) is 6.59. The van der Waals surface area contributed by atoms with Crippen molar-refractivity contribution in [2.24, 2.45) is 0 Å². The minimum absolute atomic E-state index is 0.135. The zero-order chi connectivity index (χ0) is 37.0. The summed E-state index contributed by atoms with van der Waals surface area (Å²) in [4.78, 5) is 13.0. The first-order valence-electron chi connectivity index (χ1n) is 19.6. The summed E-state index contributed by atoms with van der Waals surface area (Å²) in [5, 5.41) is 2.32. The average molecular weight is 718 g/mol. The molecular formula is C50H43N3O2. The lowest BCUT2D eigenvalue weighted by Crippen LogP contribution is -2.37. The van der Waals surface area contributed by atoms with Crippen LogP contribution in [0.4, 0.5) is 5.69 Å². The molecule has 1 fully saturated rings. The summed E-state index contributed by atoms with van der Waals surface area (Å²) in [6, 6.07) is 49.5. The highest BCUT2D eigenvalue weighted by atomic mass is 16.5. The maximum Gasteiger partial charge on any atom is 0.194 e.